The predicted octanol–water partition coefficient (Wildman–Crippen LogP) is 2.09. The van der Waals surface area contributed by atoms with Crippen LogP contribution >= 0.6 is 0 Å². The van der Waals surface area contributed by atoms with Crippen LogP contribution in [-0.2, 0) is 12.8 Å². The molecular weight excluding hydrogens is 238 g/mol. The molecule has 98 valence electrons. The van der Waals surface area contributed by atoms with Gasteiger partial charge in [-0.25, -0.2) is 9.97 Å². The molecule has 5 nitrogen and oxygen atoms in total. The minimum atomic E-state index is -0.155. The summed E-state index contributed by atoms with van der Waals surface area (Å²) in [6.07, 6.45) is 5.16. The summed E-state index contributed by atoms with van der Waals surface area (Å²) in [6.45, 7) is 2.14. The normalized spacial score (nSPS) is 12.9. The number of aromatic nitrogens is 4. The first-order valence-corrected chi connectivity index (χ1v) is 6.47. The second-order valence-corrected chi connectivity index (χ2v) is 4.71. The molecule has 0 aliphatic rings. The average Bonchev–Trinajstić information content (AvgIpc) is 3.05. The molecule has 0 amide bonds. The Bertz CT molecular complexity index is 668. The third-order valence-electron chi connectivity index (χ3n) is 3.32. The van der Waals surface area contributed by atoms with Gasteiger partial charge in [-0.3, -0.25) is 0 Å². The Morgan fingerprint density at radius 2 is 2.26 bits per heavy atom. The van der Waals surface area contributed by atoms with Crippen molar-refractivity contribution in [3.63, 3.8) is 0 Å². The monoisotopic (exact) mass is 255 g/mol. The maximum absolute atomic E-state index is 6.18. The van der Waals surface area contributed by atoms with Gasteiger partial charge in [0.2, 0.25) is 0 Å². The van der Waals surface area contributed by atoms with Crippen LogP contribution in [0, 0.1) is 0 Å². The van der Waals surface area contributed by atoms with Gasteiger partial charge in [-0.05, 0) is 24.1 Å². The molecule has 0 spiro atoms. The lowest BCUT2D eigenvalue weighted by Crippen LogP contribution is -2.15. The van der Waals surface area contributed by atoms with Crippen LogP contribution in [0.4, 0.5) is 0 Å². The number of hydrogen-bond donors (Lipinski definition) is 3. The number of imidazole rings is 2. The lowest BCUT2D eigenvalue weighted by molar-refractivity contribution is 0.671. The number of hydrogen-bond acceptors (Lipinski definition) is 3. The molecule has 1 atom stereocenters. The number of H-pyrrole nitrogens is 2. The first-order valence-electron chi connectivity index (χ1n) is 6.47. The molecule has 0 aliphatic carbocycles. The fourth-order valence-corrected chi connectivity index (χ4v) is 2.20. The number of nitrogens with one attached hydrogen (secondary N) is 2. The van der Waals surface area contributed by atoms with Crippen molar-refractivity contribution in [3.8, 4) is 0 Å². The number of aromatic amines is 2. The van der Waals surface area contributed by atoms with Gasteiger partial charge in [0.05, 0.1) is 23.4 Å². The molecule has 2 aromatic heterocycles. The standard InChI is InChI=1S/C14H17N5/c1-2-9-3-4-12-13(5-9)19-14(18-12)11(15)6-10-7-16-8-17-10/h3-5,7-8,11H,2,6,15H2,1H3,(H,16,17)(H,18,19). The zero-order chi connectivity index (χ0) is 13.2. The molecule has 0 bridgehead atoms. The van der Waals surface area contributed by atoms with Gasteiger partial charge in [0.1, 0.15) is 5.82 Å². The van der Waals surface area contributed by atoms with Crippen LogP contribution in [0.15, 0.2) is 30.7 Å². The summed E-state index contributed by atoms with van der Waals surface area (Å²) in [5.74, 6) is 0.817. The number of fused-ring (bicyclic) bond motifs is 1. The SMILES string of the molecule is CCc1ccc2nc(C(N)Cc3cnc[nH]3)[nH]c2c1. The van der Waals surface area contributed by atoms with Gasteiger partial charge in [0.15, 0.2) is 0 Å². The third-order valence-corrected chi connectivity index (χ3v) is 3.32. The van der Waals surface area contributed by atoms with E-state index >= 15 is 0 Å². The summed E-state index contributed by atoms with van der Waals surface area (Å²) >= 11 is 0. The van der Waals surface area contributed by atoms with E-state index in [1.807, 2.05) is 6.07 Å². The highest BCUT2D eigenvalue weighted by Crippen LogP contribution is 2.18. The Morgan fingerprint density at radius 1 is 1.37 bits per heavy atom. The summed E-state index contributed by atoms with van der Waals surface area (Å²) in [6, 6.07) is 6.12. The molecule has 0 saturated carbocycles. The van der Waals surface area contributed by atoms with E-state index in [0.717, 1.165) is 29.0 Å². The highest BCUT2D eigenvalue weighted by atomic mass is 15.0. The molecule has 1 unspecified atom stereocenters. The Balaban J connectivity index is 1.88. The van der Waals surface area contributed by atoms with Crippen LogP contribution in [-0.4, -0.2) is 19.9 Å². The summed E-state index contributed by atoms with van der Waals surface area (Å²) in [5.41, 5.74) is 10.5. The van der Waals surface area contributed by atoms with Crippen LogP contribution in [0.1, 0.15) is 30.0 Å². The van der Waals surface area contributed by atoms with Gasteiger partial charge in [-0.15, -0.1) is 0 Å². The molecule has 0 radical (unpaired) electrons. The van der Waals surface area contributed by atoms with Crippen molar-refractivity contribution in [2.45, 2.75) is 25.8 Å². The second kappa shape index (κ2) is 4.85. The number of nitrogens with zero attached hydrogens (tertiary/aromatic N) is 2. The average molecular weight is 255 g/mol. The van der Waals surface area contributed by atoms with E-state index in [0.29, 0.717) is 6.42 Å². The lowest BCUT2D eigenvalue weighted by atomic mass is 10.1. The number of nitrogens with two attached hydrogens (primary N) is 1. The van der Waals surface area contributed by atoms with Crippen LogP contribution < -0.4 is 5.73 Å². The second-order valence-electron chi connectivity index (χ2n) is 4.71. The van der Waals surface area contributed by atoms with Crippen LogP contribution in [0.25, 0.3) is 11.0 Å². The Hall–Kier alpha value is -2.14. The molecule has 2 heterocycles. The summed E-state index contributed by atoms with van der Waals surface area (Å²) in [4.78, 5) is 14.9. The Morgan fingerprint density at radius 3 is 3.00 bits per heavy atom. The molecule has 19 heavy (non-hydrogen) atoms. The highest BCUT2D eigenvalue weighted by Gasteiger charge is 2.12. The van der Waals surface area contributed by atoms with E-state index in [2.05, 4.69) is 39.0 Å². The van der Waals surface area contributed by atoms with E-state index in [1.54, 1.807) is 12.5 Å². The van der Waals surface area contributed by atoms with E-state index in [-0.39, 0.29) is 6.04 Å². The van der Waals surface area contributed by atoms with Crippen molar-refractivity contribution >= 4 is 11.0 Å². The molecular formula is C14H17N5. The molecule has 3 rings (SSSR count). The Labute approximate surface area is 111 Å². The van der Waals surface area contributed by atoms with Gasteiger partial charge >= 0.3 is 0 Å². The quantitative estimate of drug-likeness (QED) is 0.667. The van der Waals surface area contributed by atoms with Crippen LogP contribution in [0.5, 0.6) is 0 Å². The van der Waals surface area contributed by atoms with Gasteiger partial charge < -0.3 is 15.7 Å². The maximum atomic E-state index is 6.18. The minimum Gasteiger partial charge on any atom is -0.348 e. The summed E-state index contributed by atoms with van der Waals surface area (Å²) in [7, 11) is 0. The van der Waals surface area contributed by atoms with Gasteiger partial charge in [-0.1, -0.05) is 13.0 Å². The minimum absolute atomic E-state index is 0.155. The lowest BCUT2D eigenvalue weighted by Gasteiger charge is -2.06. The van der Waals surface area contributed by atoms with Crippen molar-refractivity contribution in [3.05, 3.63) is 47.8 Å². The zero-order valence-electron chi connectivity index (χ0n) is 10.9. The van der Waals surface area contributed by atoms with Crippen molar-refractivity contribution in [1.29, 1.82) is 0 Å². The van der Waals surface area contributed by atoms with Gasteiger partial charge in [0, 0.05) is 18.3 Å². The molecule has 5 heteroatoms. The Kier molecular flexibility index (Phi) is 3.05. The zero-order valence-corrected chi connectivity index (χ0v) is 10.9. The first kappa shape index (κ1) is 11.9. The van der Waals surface area contributed by atoms with E-state index < -0.39 is 0 Å². The van der Waals surface area contributed by atoms with E-state index in [4.69, 9.17) is 5.73 Å². The molecule has 0 fully saturated rings. The third kappa shape index (κ3) is 2.37. The van der Waals surface area contributed by atoms with Crippen molar-refractivity contribution in [2.75, 3.05) is 0 Å². The largest absolute Gasteiger partial charge is 0.348 e. The van der Waals surface area contributed by atoms with Crippen molar-refractivity contribution in [1.82, 2.24) is 19.9 Å². The molecule has 0 aliphatic heterocycles. The number of rotatable bonds is 4. The van der Waals surface area contributed by atoms with Crippen LogP contribution in [0.2, 0.25) is 0 Å². The molecule has 0 saturated heterocycles. The number of benzene rings is 1. The fraction of sp³-hybridized carbons (Fsp3) is 0.286. The molecule has 4 N–H and O–H groups in total. The van der Waals surface area contributed by atoms with Crippen molar-refractivity contribution in [2.24, 2.45) is 5.73 Å². The molecule has 1 aromatic carbocycles. The fourth-order valence-electron chi connectivity index (χ4n) is 2.20. The van der Waals surface area contributed by atoms with E-state index in [1.165, 1.54) is 5.56 Å². The number of aryl methyl sites for hydroxylation is 1. The van der Waals surface area contributed by atoms with Crippen molar-refractivity contribution < 1.29 is 0 Å². The summed E-state index contributed by atoms with van der Waals surface area (Å²) < 4.78 is 0. The topological polar surface area (TPSA) is 83.4 Å². The molecule has 3 aromatic rings. The smallest absolute Gasteiger partial charge is 0.124 e. The van der Waals surface area contributed by atoms with Gasteiger partial charge in [0.25, 0.3) is 0 Å². The predicted molar refractivity (Wildman–Crippen MR) is 74.7 cm³/mol. The maximum Gasteiger partial charge on any atom is 0.124 e. The van der Waals surface area contributed by atoms with Crippen LogP contribution in [0.3, 0.4) is 0 Å². The van der Waals surface area contributed by atoms with Gasteiger partial charge in [-0.2, -0.15) is 0 Å². The summed E-state index contributed by atoms with van der Waals surface area (Å²) in [5, 5.41) is 0. The van der Waals surface area contributed by atoms with E-state index in [9.17, 15) is 0 Å². The highest BCUT2D eigenvalue weighted by molar-refractivity contribution is 5.76. The first-order chi connectivity index (χ1) is 9.26.